The minimum absolute atomic E-state index is 0.120. The highest BCUT2D eigenvalue weighted by atomic mass is 19.1. The summed E-state index contributed by atoms with van der Waals surface area (Å²) in [4.78, 5) is 15.2. The van der Waals surface area contributed by atoms with E-state index in [1.807, 2.05) is 7.05 Å². The van der Waals surface area contributed by atoms with Crippen LogP contribution in [-0.2, 0) is 6.54 Å². The highest BCUT2D eigenvalue weighted by molar-refractivity contribution is 6.11. The number of nitrogens with one attached hydrogen (secondary N) is 3. The summed E-state index contributed by atoms with van der Waals surface area (Å²) in [5.41, 5.74) is 2.03. The molecule has 32 heavy (non-hydrogen) atoms. The number of rotatable bonds is 8. The molecule has 1 aliphatic heterocycles. The number of hydrogen-bond donors (Lipinski definition) is 4. The minimum Gasteiger partial charge on any atom is -0.396 e. The van der Waals surface area contributed by atoms with E-state index in [0.717, 1.165) is 18.8 Å². The number of pyridine rings is 1. The maximum Gasteiger partial charge on any atom is 0.178 e. The van der Waals surface area contributed by atoms with Crippen LogP contribution in [0.15, 0.2) is 55.0 Å². The van der Waals surface area contributed by atoms with Crippen LogP contribution in [-0.4, -0.2) is 58.6 Å². The summed E-state index contributed by atoms with van der Waals surface area (Å²) in [6, 6.07) is 10.2. The summed E-state index contributed by atoms with van der Waals surface area (Å²) < 4.78 is 13.9. The van der Waals surface area contributed by atoms with Crippen LogP contribution in [0.5, 0.6) is 0 Å². The van der Waals surface area contributed by atoms with Crippen LogP contribution in [0.1, 0.15) is 17.0 Å². The molecule has 0 bridgehead atoms. The number of benzene rings is 1. The Morgan fingerprint density at radius 2 is 1.94 bits per heavy atom. The number of nitrogens with zero attached hydrogens (tertiary/aromatic N) is 4. The molecular weight excluding hydrogens is 409 g/mol. The number of aliphatic hydroxyl groups is 1. The summed E-state index contributed by atoms with van der Waals surface area (Å²) in [5, 5.41) is 24.5. The monoisotopic (exact) mass is 435 g/mol. The molecule has 4 N–H and O–H groups in total. The standard InChI is InChI=1S/C23H26FN7O/c1-26-20-13-31(12-16(20)14-32)17-10-29-23(30-11-17)21(25)18-6-4-8-27-22(18)28-9-15-5-2-3-7-19(15)24/h2-8,10-11,16,20,25-26,32H,9,12-14H2,1H3,(H,27,28). The number of likely N-dealkylation sites (N-methyl/N-ethyl adjacent to an activating group) is 1. The number of aromatic nitrogens is 3. The molecule has 2 atom stereocenters. The molecule has 0 saturated carbocycles. The van der Waals surface area contributed by atoms with Crippen LogP contribution < -0.4 is 15.5 Å². The van der Waals surface area contributed by atoms with Crippen LogP contribution in [0.25, 0.3) is 0 Å². The lowest BCUT2D eigenvalue weighted by Crippen LogP contribution is -2.34. The predicted octanol–water partition coefficient (Wildman–Crippen LogP) is 2.06. The molecule has 0 spiro atoms. The van der Waals surface area contributed by atoms with Gasteiger partial charge in [0.1, 0.15) is 17.3 Å². The first-order chi connectivity index (χ1) is 15.6. The van der Waals surface area contributed by atoms with Crippen molar-refractivity contribution in [3.63, 3.8) is 0 Å². The van der Waals surface area contributed by atoms with E-state index in [1.165, 1.54) is 6.07 Å². The lowest BCUT2D eigenvalue weighted by Gasteiger charge is -2.18. The highest BCUT2D eigenvalue weighted by Gasteiger charge is 2.31. The van der Waals surface area contributed by atoms with Gasteiger partial charge in [0.25, 0.3) is 0 Å². The van der Waals surface area contributed by atoms with Crippen molar-refractivity contribution in [2.45, 2.75) is 12.6 Å². The lowest BCUT2D eigenvalue weighted by molar-refractivity contribution is 0.219. The second kappa shape index (κ2) is 9.80. The van der Waals surface area contributed by atoms with E-state index in [9.17, 15) is 9.50 Å². The maximum absolute atomic E-state index is 13.9. The Hall–Kier alpha value is -3.43. The van der Waals surface area contributed by atoms with Gasteiger partial charge in [-0.05, 0) is 25.2 Å². The fraction of sp³-hybridized carbons (Fsp3) is 0.304. The lowest BCUT2D eigenvalue weighted by atomic mass is 10.1. The van der Waals surface area contributed by atoms with Gasteiger partial charge in [-0.1, -0.05) is 18.2 Å². The van der Waals surface area contributed by atoms with Crippen LogP contribution >= 0.6 is 0 Å². The molecule has 8 nitrogen and oxygen atoms in total. The minimum atomic E-state index is -0.294. The first-order valence-corrected chi connectivity index (χ1v) is 10.5. The second-order valence-electron chi connectivity index (χ2n) is 7.73. The Morgan fingerprint density at radius 1 is 1.16 bits per heavy atom. The molecule has 166 valence electrons. The van der Waals surface area contributed by atoms with Crippen LogP contribution in [0.2, 0.25) is 0 Å². The molecule has 1 aromatic carbocycles. The van der Waals surface area contributed by atoms with Gasteiger partial charge < -0.3 is 20.6 Å². The Bertz CT molecular complexity index is 1060. The number of hydrogen-bond acceptors (Lipinski definition) is 8. The maximum atomic E-state index is 13.9. The van der Waals surface area contributed by atoms with E-state index < -0.39 is 0 Å². The van der Waals surface area contributed by atoms with Gasteiger partial charge in [-0.25, -0.2) is 19.3 Å². The first kappa shape index (κ1) is 21.8. The summed E-state index contributed by atoms with van der Waals surface area (Å²) in [5.74, 6) is 0.600. The molecule has 0 aliphatic carbocycles. The van der Waals surface area contributed by atoms with Gasteiger partial charge in [0.15, 0.2) is 5.82 Å². The SMILES string of the molecule is CNC1CN(c2cnc(C(=N)c3cccnc3NCc3ccccc3F)nc2)CC1CO. The normalized spacial score (nSPS) is 18.0. The summed E-state index contributed by atoms with van der Waals surface area (Å²) in [6.45, 7) is 1.84. The smallest absolute Gasteiger partial charge is 0.178 e. The van der Waals surface area contributed by atoms with Crippen molar-refractivity contribution >= 4 is 17.2 Å². The zero-order valence-electron chi connectivity index (χ0n) is 17.8. The zero-order valence-corrected chi connectivity index (χ0v) is 17.8. The van der Waals surface area contributed by atoms with Crippen molar-refractivity contribution in [3.05, 3.63) is 77.8 Å². The van der Waals surface area contributed by atoms with Crippen LogP contribution in [0, 0.1) is 17.1 Å². The number of anilines is 2. The Morgan fingerprint density at radius 3 is 2.62 bits per heavy atom. The topological polar surface area (TPSA) is 110 Å². The first-order valence-electron chi connectivity index (χ1n) is 10.5. The van der Waals surface area contributed by atoms with E-state index in [-0.39, 0.29) is 42.5 Å². The Kier molecular flexibility index (Phi) is 6.67. The Labute approximate surface area is 186 Å². The molecule has 4 rings (SSSR count). The van der Waals surface area contributed by atoms with Gasteiger partial charge in [-0.15, -0.1) is 0 Å². The van der Waals surface area contributed by atoms with Crippen molar-refractivity contribution in [3.8, 4) is 0 Å². The van der Waals surface area contributed by atoms with E-state index in [0.29, 0.717) is 16.9 Å². The predicted molar refractivity (Wildman–Crippen MR) is 122 cm³/mol. The molecule has 1 aliphatic rings. The van der Waals surface area contributed by atoms with Gasteiger partial charge >= 0.3 is 0 Å². The van der Waals surface area contributed by atoms with Gasteiger partial charge in [0.05, 0.1) is 18.1 Å². The van der Waals surface area contributed by atoms with Crippen LogP contribution in [0.4, 0.5) is 15.9 Å². The van der Waals surface area contributed by atoms with Gasteiger partial charge in [-0.2, -0.15) is 0 Å². The molecule has 2 unspecified atom stereocenters. The van der Waals surface area contributed by atoms with E-state index in [2.05, 4.69) is 30.5 Å². The van der Waals surface area contributed by atoms with Gasteiger partial charge in [-0.3, -0.25) is 5.41 Å². The molecular formula is C23H26FN7O. The van der Waals surface area contributed by atoms with Crippen molar-refractivity contribution < 1.29 is 9.50 Å². The van der Waals surface area contributed by atoms with Crippen molar-refractivity contribution in [2.24, 2.45) is 5.92 Å². The highest BCUT2D eigenvalue weighted by Crippen LogP contribution is 2.23. The third-order valence-corrected chi connectivity index (χ3v) is 5.75. The van der Waals surface area contributed by atoms with Crippen molar-refractivity contribution in [2.75, 3.05) is 37.0 Å². The average Bonchev–Trinajstić information content (AvgIpc) is 3.27. The average molecular weight is 436 g/mol. The molecule has 0 amide bonds. The molecule has 0 radical (unpaired) electrons. The number of halogens is 1. The fourth-order valence-electron chi connectivity index (χ4n) is 3.90. The summed E-state index contributed by atoms with van der Waals surface area (Å²) >= 11 is 0. The van der Waals surface area contributed by atoms with Gasteiger partial charge in [0, 0.05) is 55.5 Å². The van der Waals surface area contributed by atoms with Crippen LogP contribution in [0.3, 0.4) is 0 Å². The quantitative estimate of drug-likeness (QED) is 0.401. The van der Waals surface area contributed by atoms with Gasteiger partial charge in [0.2, 0.25) is 0 Å². The third-order valence-electron chi connectivity index (χ3n) is 5.75. The molecule has 1 saturated heterocycles. The van der Waals surface area contributed by atoms with Crippen molar-refractivity contribution in [1.29, 1.82) is 5.41 Å². The summed E-state index contributed by atoms with van der Waals surface area (Å²) in [7, 11) is 1.89. The molecule has 3 aromatic rings. The van der Waals surface area contributed by atoms with E-state index >= 15 is 0 Å². The molecule has 3 heterocycles. The molecule has 2 aromatic heterocycles. The number of aliphatic hydroxyl groups excluding tert-OH is 1. The van der Waals surface area contributed by atoms with E-state index in [1.54, 1.807) is 48.9 Å². The third kappa shape index (κ3) is 4.58. The fourth-order valence-corrected chi connectivity index (χ4v) is 3.90. The van der Waals surface area contributed by atoms with Crippen molar-refractivity contribution in [1.82, 2.24) is 20.3 Å². The Balaban J connectivity index is 1.48. The largest absolute Gasteiger partial charge is 0.396 e. The second-order valence-corrected chi connectivity index (χ2v) is 7.73. The van der Waals surface area contributed by atoms with E-state index in [4.69, 9.17) is 5.41 Å². The zero-order chi connectivity index (χ0) is 22.5. The molecule has 9 heteroatoms. The molecule has 1 fully saturated rings. The summed E-state index contributed by atoms with van der Waals surface area (Å²) in [6.07, 6.45) is 5.02.